The Morgan fingerprint density at radius 1 is 1.12 bits per heavy atom. The van der Waals surface area contributed by atoms with Crippen LogP contribution in [-0.2, 0) is 6.61 Å². The molecule has 0 saturated heterocycles. The Morgan fingerprint density at radius 3 is 2.47 bits per heavy atom. The molecule has 2 nitrogen and oxygen atoms in total. The largest absolute Gasteiger partial charge is 0.508 e. The van der Waals surface area contributed by atoms with Crippen molar-refractivity contribution in [2.75, 3.05) is 0 Å². The van der Waals surface area contributed by atoms with Crippen molar-refractivity contribution in [3.63, 3.8) is 0 Å². The second-order valence-electron chi connectivity index (χ2n) is 3.85. The molecule has 0 unspecified atom stereocenters. The molecule has 0 aliphatic carbocycles. The molecule has 88 valence electrons. The third-order valence-corrected chi connectivity index (χ3v) is 3.06. The summed E-state index contributed by atoms with van der Waals surface area (Å²) in [5.74, 6) is 1.12. The lowest BCUT2D eigenvalue weighted by Gasteiger charge is -2.09. The predicted molar refractivity (Wildman–Crippen MR) is 71.3 cm³/mol. The fraction of sp³-hybridized carbons (Fsp3) is 0.143. The van der Waals surface area contributed by atoms with Crippen molar-refractivity contribution >= 4 is 15.9 Å². The van der Waals surface area contributed by atoms with Gasteiger partial charge in [0.15, 0.2) is 0 Å². The summed E-state index contributed by atoms with van der Waals surface area (Å²) in [6, 6.07) is 13.0. The van der Waals surface area contributed by atoms with Crippen molar-refractivity contribution in [2.24, 2.45) is 0 Å². The Morgan fingerprint density at radius 2 is 1.82 bits per heavy atom. The topological polar surface area (TPSA) is 29.5 Å². The van der Waals surface area contributed by atoms with Gasteiger partial charge < -0.3 is 9.84 Å². The van der Waals surface area contributed by atoms with E-state index in [1.54, 1.807) is 12.1 Å². The molecule has 0 atom stereocenters. The van der Waals surface area contributed by atoms with Crippen LogP contribution in [0.25, 0.3) is 0 Å². The van der Waals surface area contributed by atoms with E-state index in [2.05, 4.69) is 15.9 Å². The number of phenolic OH excluding ortho intramolecular Hbond substituents is 1. The van der Waals surface area contributed by atoms with Crippen LogP contribution in [0.2, 0.25) is 0 Å². The summed E-state index contributed by atoms with van der Waals surface area (Å²) < 4.78 is 6.70. The minimum absolute atomic E-state index is 0.287. The quantitative estimate of drug-likeness (QED) is 0.925. The number of aryl methyl sites for hydroxylation is 1. The Kier molecular flexibility index (Phi) is 3.69. The molecule has 0 aromatic heterocycles. The first kappa shape index (κ1) is 12.0. The lowest BCUT2D eigenvalue weighted by molar-refractivity contribution is 0.305. The molecule has 0 aliphatic heterocycles. The van der Waals surface area contributed by atoms with Gasteiger partial charge in [0.05, 0.1) is 0 Å². The van der Waals surface area contributed by atoms with Crippen LogP contribution in [0.15, 0.2) is 46.9 Å². The number of halogens is 1. The molecule has 3 heteroatoms. The number of rotatable bonds is 3. The highest BCUT2D eigenvalue weighted by Gasteiger charge is 2.01. The molecule has 0 spiro atoms. The van der Waals surface area contributed by atoms with Crippen molar-refractivity contribution in [3.05, 3.63) is 58.1 Å². The van der Waals surface area contributed by atoms with Gasteiger partial charge in [-0.05, 0) is 54.4 Å². The summed E-state index contributed by atoms with van der Waals surface area (Å²) in [4.78, 5) is 0. The SMILES string of the molecule is Cc1cc(O)ccc1COc1ccc(Br)cc1. The average Bonchev–Trinajstić information content (AvgIpc) is 2.30. The summed E-state index contributed by atoms with van der Waals surface area (Å²) in [5, 5.41) is 9.31. The van der Waals surface area contributed by atoms with Crippen LogP contribution in [0.1, 0.15) is 11.1 Å². The van der Waals surface area contributed by atoms with Crippen LogP contribution in [0.4, 0.5) is 0 Å². The number of hydrogen-bond acceptors (Lipinski definition) is 2. The summed E-state index contributed by atoms with van der Waals surface area (Å²) in [6.07, 6.45) is 0. The molecule has 0 bridgehead atoms. The molecule has 2 aromatic carbocycles. The molecule has 1 N–H and O–H groups in total. The van der Waals surface area contributed by atoms with Crippen molar-refractivity contribution in [1.82, 2.24) is 0 Å². The second kappa shape index (κ2) is 5.23. The zero-order valence-corrected chi connectivity index (χ0v) is 11.1. The molecular formula is C14H13BrO2. The molecule has 0 aliphatic rings. The third kappa shape index (κ3) is 3.24. The molecule has 0 amide bonds. The molecular weight excluding hydrogens is 280 g/mol. The molecule has 17 heavy (non-hydrogen) atoms. The normalized spacial score (nSPS) is 10.2. The number of phenols is 1. The van der Waals surface area contributed by atoms with Gasteiger partial charge in [-0.25, -0.2) is 0 Å². The Balaban J connectivity index is 2.04. The maximum atomic E-state index is 9.31. The minimum Gasteiger partial charge on any atom is -0.508 e. The summed E-state index contributed by atoms with van der Waals surface area (Å²) in [6.45, 7) is 2.47. The number of aromatic hydroxyl groups is 1. The fourth-order valence-corrected chi connectivity index (χ4v) is 1.80. The zero-order valence-electron chi connectivity index (χ0n) is 9.48. The number of hydrogen-bond donors (Lipinski definition) is 1. The van der Waals surface area contributed by atoms with Crippen molar-refractivity contribution in [2.45, 2.75) is 13.5 Å². The third-order valence-electron chi connectivity index (χ3n) is 2.53. The van der Waals surface area contributed by atoms with Crippen molar-refractivity contribution < 1.29 is 9.84 Å². The second-order valence-corrected chi connectivity index (χ2v) is 4.77. The highest BCUT2D eigenvalue weighted by molar-refractivity contribution is 9.10. The van der Waals surface area contributed by atoms with Crippen LogP contribution < -0.4 is 4.74 Å². The maximum Gasteiger partial charge on any atom is 0.119 e. The summed E-state index contributed by atoms with van der Waals surface area (Å²) in [7, 11) is 0. The first-order chi connectivity index (χ1) is 8.15. The maximum absolute atomic E-state index is 9.31. The zero-order chi connectivity index (χ0) is 12.3. The van der Waals surface area contributed by atoms with Crippen LogP contribution in [-0.4, -0.2) is 5.11 Å². The van der Waals surface area contributed by atoms with E-state index in [0.717, 1.165) is 21.3 Å². The van der Waals surface area contributed by atoms with E-state index in [0.29, 0.717) is 6.61 Å². The van der Waals surface area contributed by atoms with E-state index in [1.807, 2.05) is 37.3 Å². The molecule has 0 radical (unpaired) electrons. The van der Waals surface area contributed by atoms with Gasteiger partial charge in [-0.1, -0.05) is 22.0 Å². The summed E-state index contributed by atoms with van der Waals surface area (Å²) in [5.41, 5.74) is 2.10. The van der Waals surface area contributed by atoms with E-state index in [9.17, 15) is 5.11 Å². The van der Waals surface area contributed by atoms with Crippen LogP contribution in [0, 0.1) is 6.92 Å². The highest BCUT2D eigenvalue weighted by Crippen LogP contribution is 2.20. The van der Waals surface area contributed by atoms with Gasteiger partial charge in [0, 0.05) is 4.47 Å². The van der Waals surface area contributed by atoms with E-state index in [4.69, 9.17) is 4.74 Å². The van der Waals surface area contributed by atoms with Gasteiger partial charge in [-0.15, -0.1) is 0 Å². The lowest BCUT2D eigenvalue weighted by Crippen LogP contribution is -1.97. The van der Waals surface area contributed by atoms with Gasteiger partial charge in [0.1, 0.15) is 18.1 Å². The van der Waals surface area contributed by atoms with Gasteiger partial charge in [0.25, 0.3) is 0 Å². The van der Waals surface area contributed by atoms with E-state index in [1.165, 1.54) is 0 Å². The average molecular weight is 293 g/mol. The Hall–Kier alpha value is -1.48. The van der Waals surface area contributed by atoms with Crippen LogP contribution in [0.3, 0.4) is 0 Å². The first-order valence-electron chi connectivity index (χ1n) is 5.32. The summed E-state index contributed by atoms with van der Waals surface area (Å²) >= 11 is 3.38. The van der Waals surface area contributed by atoms with Crippen LogP contribution in [0.5, 0.6) is 11.5 Å². The molecule has 0 fully saturated rings. The Bertz CT molecular complexity index is 506. The molecule has 0 heterocycles. The highest BCUT2D eigenvalue weighted by atomic mass is 79.9. The minimum atomic E-state index is 0.287. The van der Waals surface area contributed by atoms with E-state index < -0.39 is 0 Å². The van der Waals surface area contributed by atoms with Gasteiger partial charge in [-0.2, -0.15) is 0 Å². The van der Waals surface area contributed by atoms with Crippen LogP contribution >= 0.6 is 15.9 Å². The van der Waals surface area contributed by atoms with Gasteiger partial charge in [-0.3, -0.25) is 0 Å². The number of benzene rings is 2. The van der Waals surface area contributed by atoms with E-state index >= 15 is 0 Å². The van der Waals surface area contributed by atoms with Gasteiger partial charge in [0.2, 0.25) is 0 Å². The first-order valence-corrected chi connectivity index (χ1v) is 6.11. The monoisotopic (exact) mass is 292 g/mol. The van der Waals surface area contributed by atoms with E-state index in [-0.39, 0.29) is 5.75 Å². The van der Waals surface area contributed by atoms with Gasteiger partial charge >= 0.3 is 0 Å². The molecule has 2 rings (SSSR count). The standard InChI is InChI=1S/C14H13BrO2/c1-10-8-13(16)5-2-11(10)9-17-14-6-3-12(15)4-7-14/h2-8,16H,9H2,1H3. The Labute approximate surface area is 109 Å². The van der Waals surface area contributed by atoms with Crippen molar-refractivity contribution in [1.29, 1.82) is 0 Å². The lowest BCUT2D eigenvalue weighted by atomic mass is 10.1. The number of ether oxygens (including phenoxy) is 1. The fourth-order valence-electron chi connectivity index (χ4n) is 1.53. The molecule has 2 aromatic rings. The smallest absolute Gasteiger partial charge is 0.119 e. The molecule has 0 saturated carbocycles. The predicted octanol–water partition coefficient (Wildman–Crippen LogP) is 4.04. The van der Waals surface area contributed by atoms with Crippen molar-refractivity contribution in [3.8, 4) is 11.5 Å².